The van der Waals surface area contributed by atoms with Crippen LogP contribution in [-0.4, -0.2) is 40.4 Å². The standard InChI is InChI=1S/C21H23ClN2O3/c22-17-7-4-14(5-8-17)6-9-20(26)19-11-18(25)13-24(19)21(27)16-3-1-2-15(10-16)12-23/h1-5,7-8,10,18-19,25H,6,9,11-13,23H2/t18-,19+/m1/s1. The molecule has 1 amide bonds. The van der Waals surface area contributed by atoms with Crippen LogP contribution in [0.25, 0.3) is 0 Å². The van der Waals surface area contributed by atoms with Crippen molar-refractivity contribution in [1.82, 2.24) is 4.90 Å². The van der Waals surface area contributed by atoms with Crippen molar-refractivity contribution < 1.29 is 14.7 Å². The van der Waals surface area contributed by atoms with Crippen LogP contribution in [0.4, 0.5) is 0 Å². The van der Waals surface area contributed by atoms with Gasteiger partial charge in [-0.25, -0.2) is 0 Å². The van der Waals surface area contributed by atoms with Crippen LogP contribution in [0, 0.1) is 0 Å². The Morgan fingerprint density at radius 2 is 1.89 bits per heavy atom. The summed E-state index contributed by atoms with van der Waals surface area (Å²) in [7, 11) is 0. The molecule has 1 heterocycles. The number of nitrogens with two attached hydrogens (primary N) is 1. The van der Waals surface area contributed by atoms with Crippen LogP contribution >= 0.6 is 11.6 Å². The summed E-state index contributed by atoms with van der Waals surface area (Å²) in [6.07, 6.45) is 0.483. The third-order valence-corrected chi connectivity index (χ3v) is 5.15. The van der Waals surface area contributed by atoms with Crippen LogP contribution in [0.3, 0.4) is 0 Å². The third-order valence-electron chi connectivity index (χ3n) is 4.89. The number of rotatable bonds is 6. The number of β-amino-alcohol motifs (C(OH)–C–C–N with tert-alkyl or cyclic N) is 1. The van der Waals surface area contributed by atoms with Crippen LogP contribution < -0.4 is 5.73 Å². The smallest absolute Gasteiger partial charge is 0.254 e. The highest BCUT2D eigenvalue weighted by molar-refractivity contribution is 6.30. The lowest BCUT2D eigenvalue weighted by atomic mass is 10.0. The highest BCUT2D eigenvalue weighted by atomic mass is 35.5. The Labute approximate surface area is 163 Å². The Morgan fingerprint density at radius 3 is 2.59 bits per heavy atom. The van der Waals surface area contributed by atoms with E-state index in [4.69, 9.17) is 17.3 Å². The van der Waals surface area contributed by atoms with Gasteiger partial charge in [-0.15, -0.1) is 0 Å². The molecule has 3 N–H and O–H groups in total. The van der Waals surface area contributed by atoms with Crippen LogP contribution in [0.5, 0.6) is 0 Å². The SMILES string of the molecule is NCc1cccc(C(=O)N2C[C@H](O)C[C@H]2C(=O)CCc2ccc(Cl)cc2)c1. The maximum Gasteiger partial charge on any atom is 0.254 e. The number of ketones is 1. The van der Waals surface area contributed by atoms with Gasteiger partial charge < -0.3 is 15.7 Å². The fourth-order valence-electron chi connectivity index (χ4n) is 3.43. The number of aryl methyl sites for hydroxylation is 1. The van der Waals surface area contributed by atoms with Gasteiger partial charge in [-0.3, -0.25) is 9.59 Å². The van der Waals surface area contributed by atoms with Crippen molar-refractivity contribution in [3.63, 3.8) is 0 Å². The molecule has 6 heteroatoms. The first kappa shape index (κ1) is 19.5. The first-order valence-electron chi connectivity index (χ1n) is 9.03. The number of aliphatic hydroxyl groups excluding tert-OH is 1. The second-order valence-corrected chi connectivity index (χ2v) is 7.30. The number of hydrogen-bond donors (Lipinski definition) is 2. The number of carbonyl (C=O) groups excluding carboxylic acids is 2. The molecule has 0 aromatic heterocycles. The monoisotopic (exact) mass is 386 g/mol. The summed E-state index contributed by atoms with van der Waals surface area (Å²) in [6.45, 7) is 0.510. The highest BCUT2D eigenvalue weighted by Crippen LogP contribution is 2.23. The summed E-state index contributed by atoms with van der Waals surface area (Å²) in [5, 5.41) is 10.7. The fourth-order valence-corrected chi connectivity index (χ4v) is 3.55. The molecule has 0 saturated carbocycles. The Hall–Kier alpha value is -2.21. The van der Waals surface area contributed by atoms with E-state index in [1.165, 1.54) is 4.90 Å². The lowest BCUT2D eigenvalue weighted by Gasteiger charge is -2.23. The molecule has 0 spiro atoms. The molecule has 5 nitrogen and oxygen atoms in total. The number of likely N-dealkylation sites (tertiary alicyclic amines) is 1. The van der Waals surface area contributed by atoms with Gasteiger partial charge in [-0.05, 0) is 41.8 Å². The van der Waals surface area contributed by atoms with Gasteiger partial charge >= 0.3 is 0 Å². The van der Waals surface area contributed by atoms with E-state index in [0.29, 0.717) is 30.0 Å². The van der Waals surface area contributed by atoms with E-state index in [1.54, 1.807) is 30.3 Å². The van der Waals surface area contributed by atoms with E-state index < -0.39 is 12.1 Å². The number of hydrogen-bond acceptors (Lipinski definition) is 4. The van der Waals surface area contributed by atoms with Crippen molar-refractivity contribution >= 4 is 23.3 Å². The van der Waals surface area contributed by atoms with Crippen molar-refractivity contribution in [2.24, 2.45) is 5.73 Å². The quantitative estimate of drug-likeness (QED) is 0.799. The summed E-state index contributed by atoms with van der Waals surface area (Å²) in [5.41, 5.74) is 8.00. The zero-order valence-corrected chi connectivity index (χ0v) is 15.7. The largest absolute Gasteiger partial charge is 0.391 e. The number of halogens is 1. The van der Waals surface area contributed by atoms with E-state index in [1.807, 2.05) is 18.2 Å². The number of benzene rings is 2. The van der Waals surface area contributed by atoms with Crippen molar-refractivity contribution in [2.45, 2.75) is 38.0 Å². The highest BCUT2D eigenvalue weighted by Gasteiger charge is 2.38. The normalized spacial score (nSPS) is 19.3. The number of carbonyl (C=O) groups is 2. The van der Waals surface area contributed by atoms with E-state index >= 15 is 0 Å². The minimum Gasteiger partial charge on any atom is -0.391 e. The topological polar surface area (TPSA) is 83.6 Å². The molecule has 0 aliphatic carbocycles. The van der Waals surface area contributed by atoms with Gasteiger partial charge in [-0.1, -0.05) is 35.9 Å². The molecule has 3 rings (SSSR count). The summed E-state index contributed by atoms with van der Waals surface area (Å²) in [4.78, 5) is 27.1. The van der Waals surface area contributed by atoms with E-state index in [2.05, 4.69) is 0 Å². The van der Waals surface area contributed by atoms with Gasteiger partial charge in [0, 0.05) is 36.5 Å². The molecule has 0 unspecified atom stereocenters. The van der Waals surface area contributed by atoms with Crippen LogP contribution in [0.1, 0.15) is 34.3 Å². The molecule has 2 aromatic carbocycles. The molecule has 1 fully saturated rings. The minimum absolute atomic E-state index is 0.0372. The van der Waals surface area contributed by atoms with E-state index in [0.717, 1.165) is 11.1 Å². The van der Waals surface area contributed by atoms with Crippen molar-refractivity contribution in [3.8, 4) is 0 Å². The lowest BCUT2D eigenvalue weighted by Crippen LogP contribution is -2.40. The molecule has 1 aliphatic rings. The average Bonchev–Trinajstić information content (AvgIpc) is 3.08. The van der Waals surface area contributed by atoms with Gasteiger partial charge in [-0.2, -0.15) is 0 Å². The summed E-state index contributed by atoms with van der Waals surface area (Å²) < 4.78 is 0. The predicted molar refractivity (Wildman–Crippen MR) is 105 cm³/mol. The second-order valence-electron chi connectivity index (χ2n) is 6.86. The van der Waals surface area contributed by atoms with Gasteiger partial charge in [0.15, 0.2) is 5.78 Å². The van der Waals surface area contributed by atoms with Crippen LogP contribution in [0.15, 0.2) is 48.5 Å². The van der Waals surface area contributed by atoms with Crippen LogP contribution in [0.2, 0.25) is 5.02 Å². The Kier molecular flexibility index (Phi) is 6.26. The molecule has 27 heavy (non-hydrogen) atoms. The molecule has 0 radical (unpaired) electrons. The number of aliphatic hydroxyl groups is 1. The molecule has 1 saturated heterocycles. The molecule has 2 aromatic rings. The Bertz CT molecular complexity index is 822. The first-order chi connectivity index (χ1) is 13.0. The number of Topliss-reactive ketones (excluding diaryl/α,β-unsaturated/α-hetero) is 1. The predicted octanol–water partition coefficient (Wildman–Crippen LogP) is 2.58. The maximum absolute atomic E-state index is 12.9. The fraction of sp³-hybridized carbons (Fsp3) is 0.333. The third kappa shape index (κ3) is 4.75. The van der Waals surface area contributed by atoms with Crippen LogP contribution in [-0.2, 0) is 17.8 Å². The van der Waals surface area contributed by atoms with Crippen molar-refractivity contribution in [2.75, 3.05) is 6.54 Å². The summed E-state index contributed by atoms with van der Waals surface area (Å²) in [6, 6.07) is 13.8. The molecular weight excluding hydrogens is 364 g/mol. The molecular formula is C21H23ClN2O3. The Balaban J connectivity index is 1.70. The maximum atomic E-state index is 12.9. The summed E-state index contributed by atoms with van der Waals surface area (Å²) in [5.74, 6) is -0.281. The number of nitrogens with zero attached hydrogens (tertiary/aromatic N) is 1. The van der Waals surface area contributed by atoms with Gasteiger partial charge in [0.05, 0.1) is 12.1 Å². The number of amides is 1. The molecule has 2 atom stereocenters. The summed E-state index contributed by atoms with van der Waals surface area (Å²) >= 11 is 5.88. The van der Waals surface area contributed by atoms with Crippen molar-refractivity contribution in [1.29, 1.82) is 0 Å². The lowest BCUT2D eigenvalue weighted by molar-refractivity contribution is -0.122. The van der Waals surface area contributed by atoms with E-state index in [9.17, 15) is 14.7 Å². The molecule has 0 bridgehead atoms. The van der Waals surface area contributed by atoms with Gasteiger partial charge in [0.1, 0.15) is 0 Å². The van der Waals surface area contributed by atoms with Gasteiger partial charge in [0.2, 0.25) is 0 Å². The minimum atomic E-state index is -0.684. The average molecular weight is 387 g/mol. The molecule has 142 valence electrons. The first-order valence-corrected chi connectivity index (χ1v) is 9.41. The second kappa shape index (κ2) is 8.65. The zero-order valence-electron chi connectivity index (χ0n) is 15.0. The van der Waals surface area contributed by atoms with Gasteiger partial charge in [0.25, 0.3) is 5.91 Å². The Morgan fingerprint density at radius 1 is 1.15 bits per heavy atom. The van der Waals surface area contributed by atoms with Crippen molar-refractivity contribution in [3.05, 3.63) is 70.2 Å². The van der Waals surface area contributed by atoms with E-state index in [-0.39, 0.29) is 24.7 Å². The zero-order chi connectivity index (χ0) is 19.4. The molecule has 1 aliphatic heterocycles.